The maximum absolute atomic E-state index is 12.0. The van der Waals surface area contributed by atoms with Crippen LogP contribution in [0.4, 0.5) is 18.9 Å². The smallest absolute Gasteiger partial charge is 0.399 e. The van der Waals surface area contributed by atoms with E-state index >= 15 is 0 Å². The van der Waals surface area contributed by atoms with Crippen molar-refractivity contribution >= 4 is 38.9 Å². The van der Waals surface area contributed by atoms with Gasteiger partial charge in [-0.2, -0.15) is 13.2 Å². The third-order valence-electron chi connectivity index (χ3n) is 1.75. The predicted octanol–water partition coefficient (Wildman–Crippen LogP) is 2.42. The number of hydrogen-bond donors (Lipinski definition) is 2. The van der Waals surface area contributed by atoms with Gasteiger partial charge in [0.2, 0.25) is 10.0 Å². The van der Waals surface area contributed by atoms with E-state index in [1.807, 2.05) is 0 Å². The van der Waals surface area contributed by atoms with Crippen molar-refractivity contribution in [1.29, 1.82) is 0 Å². The molecule has 0 aliphatic rings. The first-order valence-corrected chi connectivity index (χ1v) is 6.58. The Morgan fingerprint density at radius 3 is 2.06 bits per heavy atom. The molecule has 0 fully saturated rings. The number of benzene rings is 1. The van der Waals surface area contributed by atoms with Crippen LogP contribution in [-0.4, -0.2) is 21.1 Å². The number of nitrogens with two attached hydrogens (primary N) is 1. The van der Waals surface area contributed by atoms with E-state index in [4.69, 9.17) is 28.9 Å². The van der Waals surface area contributed by atoms with E-state index < -0.39 is 27.6 Å². The molecule has 3 N–H and O–H groups in total. The lowest BCUT2D eigenvalue weighted by molar-refractivity contribution is -0.121. The summed E-state index contributed by atoms with van der Waals surface area (Å²) < 4.78 is 60.4. The molecule has 0 bridgehead atoms. The van der Waals surface area contributed by atoms with Gasteiger partial charge < -0.3 is 5.73 Å². The van der Waals surface area contributed by atoms with E-state index in [1.165, 1.54) is 4.72 Å². The Morgan fingerprint density at radius 2 is 1.67 bits per heavy atom. The molecule has 0 aromatic heterocycles. The summed E-state index contributed by atoms with van der Waals surface area (Å²) in [6.45, 7) is -1.72. The van der Waals surface area contributed by atoms with Crippen molar-refractivity contribution in [3.05, 3.63) is 22.2 Å². The first-order valence-electron chi connectivity index (χ1n) is 4.34. The molecule has 0 aliphatic heterocycles. The molecule has 18 heavy (non-hydrogen) atoms. The van der Waals surface area contributed by atoms with Crippen LogP contribution in [0, 0.1) is 0 Å². The minimum atomic E-state index is -4.68. The molecule has 0 atom stereocenters. The highest BCUT2D eigenvalue weighted by molar-refractivity contribution is 7.89. The summed E-state index contributed by atoms with van der Waals surface area (Å²) in [5.74, 6) is 0. The Morgan fingerprint density at radius 1 is 1.22 bits per heavy atom. The van der Waals surface area contributed by atoms with Gasteiger partial charge >= 0.3 is 6.18 Å². The number of hydrogen-bond acceptors (Lipinski definition) is 3. The Kier molecular flexibility index (Phi) is 4.37. The van der Waals surface area contributed by atoms with Crippen molar-refractivity contribution in [2.45, 2.75) is 11.1 Å². The van der Waals surface area contributed by atoms with Crippen LogP contribution in [0.1, 0.15) is 0 Å². The van der Waals surface area contributed by atoms with Crippen LogP contribution in [0.3, 0.4) is 0 Å². The van der Waals surface area contributed by atoms with E-state index in [9.17, 15) is 21.6 Å². The van der Waals surface area contributed by atoms with Gasteiger partial charge in [-0.25, -0.2) is 13.1 Å². The van der Waals surface area contributed by atoms with Crippen LogP contribution in [-0.2, 0) is 10.0 Å². The van der Waals surface area contributed by atoms with Crippen molar-refractivity contribution < 1.29 is 21.6 Å². The fraction of sp³-hybridized carbons (Fsp3) is 0.250. The summed E-state index contributed by atoms with van der Waals surface area (Å²) in [4.78, 5) is -0.635. The van der Waals surface area contributed by atoms with Crippen LogP contribution >= 0.6 is 23.2 Å². The Hall–Kier alpha value is -0.700. The molecule has 0 unspecified atom stereocenters. The van der Waals surface area contributed by atoms with Crippen LogP contribution in [0.25, 0.3) is 0 Å². The molecule has 0 heterocycles. The molecule has 0 aliphatic carbocycles. The fourth-order valence-electron chi connectivity index (χ4n) is 1.09. The second-order valence-electron chi connectivity index (χ2n) is 3.25. The standard InChI is InChI=1S/C8H7Cl2F3N2O2S/c9-5-1-4(14)2-6(10)7(5)18(16,17)15-3-8(11,12)13/h1-2,15H,3,14H2. The first kappa shape index (κ1) is 15.4. The maximum atomic E-state index is 12.0. The lowest BCUT2D eigenvalue weighted by Crippen LogP contribution is -2.34. The molecule has 1 rings (SSSR count). The number of nitrogens with one attached hydrogen (secondary N) is 1. The summed E-state index contributed by atoms with van der Waals surface area (Å²) in [6, 6.07) is 2.16. The van der Waals surface area contributed by atoms with E-state index in [2.05, 4.69) is 0 Å². The topological polar surface area (TPSA) is 72.2 Å². The van der Waals surface area contributed by atoms with Gasteiger partial charge in [0.15, 0.2) is 0 Å². The number of sulfonamides is 1. The van der Waals surface area contributed by atoms with Crippen molar-refractivity contribution in [2.75, 3.05) is 12.3 Å². The van der Waals surface area contributed by atoms with Crippen LogP contribution in [0.5, 0.6) is 0 Å². The summed E-state index contributed by atoms with van der Waals surface area (Å²) in [5.41, 5.74) is 5.45. The van der Waals surface area contributed by atoms with Crippen LogP contribution < -0.4 is 10.5 Å². The van der Waals surface area contributed by atoms with E-state index in [0.29, 0.717) is 0 Å². The van der Waals surface area contributed by atoms with Crippen LogP contribution in [0.15, 0.2) is 17.0 Å². The zero-order chi connectivity index (χ0) is 14.1. The van der Waals surface area contributed by atoms with Crippen molar-refractivity contribution in [1.82, 2.24) is 4.72 Å². The van der Waals surface area contributed by atoms with Gasteiger partial charge in [0, 0.05) is 5.69 Å². The number of halogens is 5. The number of alkyl halides is 3. The fourth-order valence-corrected chi connectivity index (χ4v) is 3.33. The third-order valence-corrected chi connectivity index (χ3v) is 4.07. The minimum Gasteiger partial charge on any atom is -0.399 e. The molecule has 0 saturated heterocycles. The first-order chi connectivity index (χ1) is 8.03. The zero-order valence-electron chi connectivity index (χ0n) is 8.55. The van der Waals surface area contributed by atoms with E-state index in [-0.39, 0.29) is 15.7 Å². The molecule has 4 nitrogen and oxygen atoms in total. The molecule has 0 saturated carbocycles. The average molecular weight is 323 g/mol. The molecule has 1 aromatic carbocycles. The number of rotatable bonds is 3. The van der Waals surface area contributed by atoms with Crippen molar-refractivity contribution in [3.63, 3.8) is 0 Å². The average Bonchev–Trinajstić information content (AvgIpc) is 2.11. The lowest BCUT2D eigenvalue weighted by atomic mass is 10.3. The maximum Gasteiger partial charge on any atom is 0.402 e. The molecule has 0 spiro atoms. The Balaban J connectivity index is 3.14. The number of nitrogen functional groups attached to an aromatic ring is 1. The molecular weight excluding hydrogens is 316 g/mol. The largest absolute Gasteiger partial charge is 0.402 e. The van der Waals surface area contributed by atoms with Gasteiger partial charge in [-0.1, -0.05) is 23.2 Å². The zero-order valence-corrected chi connectivity index (χ0v) is 10.9. The van der Waals surface area contributed by atoms with Gasteiger partial charge in [-0.05, 0) is 12.1 Å². The molecule has 1 aromatic rings. The quantitative estimate of drug-likeness (QED) is 0.839. The normalized spacial score (nSPS) is 12.7. The third kappa shape index (κ3) is 3.91. The molecule has 0 radical (unpaired) electrons. The lowest BCUT2D eigenvalue weighted by Gasteiger charge is -2.12. The minimum absolute atomic E-state index is 0.0970. The van der Waals surface area contributed by atoms with Gasteiger partial charge in [0.1, 0.15) is 11.4 Å². The van der Waals surface area contributed by atoms with Crippen LogP contribution in [0.2, 0.25) is 10.0 Å². The van der Waals surface area contributed by atoms with Gasteiger partial charge in [0.25, 0.3) is 0 Å². The van der Waals surface area contributed by atoms with E-state index in [0.717, 1.165) is 12.1 Å². The molecule has 102 valence electrons. The van der Waals surface area contributed by atoms with Gasteiger partial charge in [-0.3, -0.25) is 0 Å². The van der Waals surface area contributed by atoms with Crippen molar-refractivity contribution in [3.8, 4) is 0 Å². The summed E-state index contributed by atoms with van der Waals surface area (Å²) in [7, 11) is -4.46. The summed E-state index contributed by atoms with van der Waals surface area (Å²) >= 11 is 11.2. The highest BCUT2D eigenvalue weighted by atomic mass is 35.5. The summed E-state index contributed by atoms with van der Waals surface area (Å²) in [6.07, 6.45) is -4.68. The SMILES string of the molecule is Nc1cc(Cl)c(S(=O)(=O)NCC(F)(F)F)c(Cl)c1. The monoisotopic (exact) mass is 322 g/mol. The highest BCUT2D eigenvalue weighted by Crippen LogP contribution is 2.31. The molecule has 0 amide bonds. The summed E-state index contributed by atoms with van der Waals surface area (Å²) in [5, 5.41) is -0.704. The predicted molar refractivity (Wildman–Crippen MR) is 62.1 cm³/mol. The van der Waals surface area contributed by atoms with E-state index in [1.54, 1.807) is 0 Å². The second kappa shape index (κ2) is 5.12. The highest BCUT2D eigenvalue weighted by Gasteiger charge is 2.31. The van der Waals surface area contributed by atoms with Crippen molar-refractivity contribution in [2.24, 2.45) is 0 Å². The molecular formula is C8H7Cl2F3N2O2S. The van der Waals surface area contributed by atoms with Gasteiger partial charge in [-0.15, -0.1) is 0 Å². The molecule has 10 heteroatoms. The Labute approximate surface area is 111 Å². The number of anilines is 1. The second-order valence-corrected chi connectivity index (χ2v) is 5.77. The Bertz CT molecular complexity index is 537. The van der Waals surface area contributed by atoms with Gasteiger partial charge in [0.05, 0.1) is 10.0 Å².